The van der Waals surface area contributed by atoms with Crippen LogP contribution in [0, 0.1) is 0 Å². The van der Waals surface area contributed by atoms with Gasteiger partial charge in [-0.05, 0) is 81.6 Å². The molecule has 1 atom stereocenters. The van der Waals surface area contributed by atoms with Crippen LogP contribution in [0.2, 0.25) is 0 Å². The molecule has 7 aromatic rings. The number of carbonyl (C=O) groups excluding carboxylic acids is 1. The number of methoxy groups -OCH3 is 4. The molecule has 1 unspecified atom stereocenters. The van der Waals surface area contributed by atoms with Crippen molar-refractivity contribution in [3.63, 3.8) is 0 Å². The van der Waals surface area contributed by atoms with E-state index in [4.69, 9.17) is 45.4 Å². The molecular weight excluding hydrogens is 899 g/mol. The average molecular weight is 961 g/mol. The highest BCUT2D eigenvalue weighted by molar-refractivity contribution is 7.43. The van der Waals surface area contributed by atoms with Crippen molar-refractivity contribution in [3.8, 4) is 51.4 Å². The van der Waals surface area contributed by atoms with Crippen molar-refractivity contribution in [2.75, 3.05) is 28.4 Å². The van der Waals surface area contributed by atoms with E-state index in [1.54, 1.807) is 34.5 Å². The SMILES string of the molecule is COc1cc(-c2cc(OC)cc(C(C)(C)C)c2Op2oc3c(C(C)(C)C)cc(OC)cc3c3cc(OC)cc(C(C)(C)C)c3o2)c(OP2OC(=O)c3ccc4ccccc4c3O2)c(C(C)(C)C)c1. The molecule has 1 aliphatic rings. The Morgan fingerprint density at radius 1 is 0.441 bits per heavy atom. The summed E-state index contributed by atoms with van der Waals surface area (Å²) in [5, 5.41) is 3.26. The minimum atomic E-state index is -2.33. The predicted octanol–water partition coefficient (Wildman–Crippen LogP) is 16.0. The normalized spacial score (nSPS) is 14.3. The molecule has 0 N–H and O–H groups in total. The Kier molecular flexibility index (Phi) is 12.7. The van der Waals surface area contributed by atoms with E-state index in [0.717, 1.165) is 43.8 Å². The summed E-state index contributed by atoms with van der Waals surface area (Å²) in [4.78, 5) is 13.8. The van der Waals surface area contributed by atoms with Gasteiger partial charge in [-0.2, -0.15) is 0 Å². The summed E-state index contributed by atoms with van der Waals surface area (Å²) >= 11 is 0. The van der Waals surface area contributed by atoms with Gasteiger partial charge in [0.1, 0.15) is 51.2 Å². The second-order valence-corrected chi connectivity index (χ2v) is 23.1. The van der Waals surface area contributed by atoms with E-state index in [2.05, 4.69) is 83.1 Å². The van der Waals surface area contributed by atoms with Gasteiger partial charge in [-0.25, -0.2) is 4.79 Å². The van der Waals surface area contributed by atoms with Crippen LogP contribution in [0.25, 0.3) is 43.8 Å². The van der Waals surface area contributed by atoms with E-state index in [0.29, 0.717) is 68.1 Å². The third kappa shape index (κ3) is 9.28. The molecule has 0 radical (unpaired) electrons. The Hall–Kier alpha value is -6.02. The number of hydrogen-bond donors (Lipinski definition) is 0. The van der Waals surface area contributed by atoms with Crippen molar-refractivity contribution >= 4 is 55.5 Å². The minimum Gasteiger partial charge on any atom is -0.497 e. The van der Waals surface area contributed by atoms with Gasteiger partial charge in [-0.15, -0.1) is 0 Å². The maximum atomic E-state index is 13.8. The van der Waals surface area contributed by atoms with Crippen LogP contribution in [0.5, 0.6) is 40.2 Å². The van der Waals surface area contributed by atoms with E-state index in [9.17, 15) is 4.79 Å². The lowest BCUT2D eigenvalue weighted by Crippen LogP contribution is -2.18. The molecule has 0 saturated heterocycles. The summed E-state index contributed by atoms with van der Waals surface area (Å²) in [5.74, 6) is 3.24. The lowest BCUT2D eigenvalue weighted by Gasteiger charge is -2.30. The number of carbonyl (C=O) groups is 1. The first-order valence-corrected chi connectivity index (χ1v) is 24.8. The molecule has 1 aromatic heterocycles. The van der Waals surface area contributed by atoms with E-state index >= 15 is 0 Å². The number of hydrogen-bond acceptors (Lipinski definition) is 11. The standard InChI is InChI=1S/C55H62O11P2/c1-52(2,3)42-27-32(57-13)23-38-39-24-33(58-14)28-43(53(4,5)6)48(39)63-67(62-47(38)42)64-49-40(25-34(59-15)29-44(49)54(7,8)9)41-26-35(60-16)30-45(55(10,11)12)50(41)65-68-61-46-36-20-18-17-19-31(36)21-22-37(46)51(56)66-68/h17-30H,1-16H3. The number of fused-ring (bicyclic) bond motifs is 6. The van der Waals surface area contributed by atoms with E-state index in [-0.39, 0.29) is 0 Å². The maximum Gasteiger partial charge on any atom is 0.532 e. The van der Waals surface area contributed by atoms with Gasteiger partial charge in [0.25, 0.3) is 0 Å². The average Bonchev–Trinajstić information content (AvgIpc) is 3.42. The van der Waals surface area contributed by atoms with Crippen LogP contribution >= 0.6 is 16.8 Å². The number of benzene rings is 6. The Morgan fingerprint density at radius 2 is 0.868 bits per heavy atom. The minimum absolute atomic E-state index is 0.324. The quantitative estimate of drug-likeness (QED) is 0.129. The monoisotopic (exact) mass is 960 g/mol. The van der Waals surface area contributed by atoms with Crippen LogP contribution < -0.4 is 32.5 Å². The molecule has 0 bridgehead atoms. The Labute approximate surface area is 401 Å². The van der Waals surface area contributed by atoms with Gasteiger partial charge in [-0.1, -0.05) is 113 Å². The van der Waals surface area contributed by atoms with Crippen molar-refractivity contribution in [3.05, 3.63) is 113 Å². The smallest absolute Gasteiger partial charge is 0.497 e. The molecule has 1 aliphatic heterocycles. The van der Waals surface area contributed by atoms with Crippen LogP contribution in [0.15, 0.2) is 93.3 Å². The summed E-state index contributed by atoms with van der Waals surface area (Å²) < 4.78 is 65.2. The van der Waals surface area contributed by atoms with Crippen molar-refractivity contribution in [2.24, 2.45) is 0 Å². The molecule has 11 nitrogen and oxygen atoms in total. The molecule has 0 fully saturated rings. The van der Waals surface area contributed by atoms with Gasteiger partial charge >= 0.3 is 22.8 Å². The lowest BCUT2D eigenvalue weighted by atomic mass is 9.81. The van der Waals surface area contributed by atoms with Crippen LogP contribution in [-0.2, 0) is 26.2 Å². The van der Waals surface area contributed by atoms with E-state index in [1.807, 2.05) is 78.9 Å². The molecule has 358 valence electrons. The largest absolute Gasteiger partial charge is 0.532 e. The van der Waals surface area contributed by atoms with Crippen molar-refractivity contribution in [1.29, 1.82) is 0 Å². The molecule has 68 heavy (non-hydrogen) atoms. The third-order valence-corrected chi connectivity index (χ3v) is 14.1. The summed E-state index contributed by atoms with van der Waals surface area (Å²) in [7, 11) is 1.98. The summed E-state index contributed by atoms with van der Waals surface area (Å²) in [6, 6.07) is 27.1. The van der Waals surface area contributed by atoms with Crippen molar-refractivity contribution in [2.45, 2.75) is 105 Å². The molecule has 8 rings (SSSR count). The first-order valence-electron chi connectivity index (χ1n) is 22.6. The van der Waals surface area contributed by atoms with Crippen molar-refractivity contribution in [1.82, 2.24) is 0 Å². The Bertz CT molecular complexity index is 3060. The topological polar surface area (TPSA) is 117 Å². The molecule has 0 saturated carbocycles. The first kappa shape index (κ1) is 48.4. The van der Waals surface area contributed by atoms with Gasteiger partial charge in [0.05, 0.1) is 28.4 Å². The van der Waals surface area contributed by atoms with Gasteiger partial charge < -0.3 is 45.4 Å². The highest BCUT2D eigenvalue weighted by Crippen LogP contribution is 2.57. The lowest BCUT2D eigenvalue weighted by molar-refractivity contribution is 0.0698. The first-order chi connectivity index (χ1) is 31.9. The fourth-order valence-electron chi connectivity index (χ4n) is 8.41. The van der Waals surface area contributed by atoms with Crippen LogP contribution in [0.3, 0.4) is 0 Å². The Morgan fingerprint density at radius 3 is 1.32 bits per heavy atom. The third-order valence-electron chi connectivity index (χ3n) is 12.1. The zero-order valence-electron chi connectivity index (χ0n) is 42.0. The van der Waals surface area contributed by atoms with Gasteiger partial charge in [0.2, 0.25) is 0 Å². The second-order valence-electron chi connectivity index (χ2n) is 21.2. The fraction of sp³-hybridized carbons (Fsp3) is 0.364. The van der Waals surface area contributed by atoms with E-state index < -0.39 is 44.5 Å². The maximum absolute atomic E-state index is 13.8. The molecule has 6 aromatic carbocycles. The number of rotatable bonds is 9. The van der Waals surface area contributed by atoms with Crippen LogP contribution in [0.1, 0.15) is 116 Å². The molecule has 0 amide bonds. The number of ether oxygens (including phenoxy) is 4. The fourth-order valence-corrected chi connectivity index (χ4v) is 10.6. The van der Waals surface area contributed by atoms with Gasteiger partial charge in [0, 0.05) is 49.5 Å². The zero-order chi connectivity index (χ0) is 49.2. The molecule has 0 spiro atoms. The predicted molar refractivity (Wildman–Crippen MR) is 273 cm³/mol. The summed E-state index contributed by atoms with van der Waals surface area (Å²) in [5.41, 5.74) is 4.26. The van der Waals surface area contributed by atoms with Crippen molar-refractivity contribution < 1.29 is 50.2 Å². The molecule has 13 heteroatoms. The van der Waals surface area contributed by atoms with Crippen LogP contribution in [-0.4, -0.2) is 34.4 Å². The van der Waals surface area contributed by atoms with Crippen LogP contribution in [0.4, 0.5) is 0 Å². The highest BCUT2D eigenvalue weighted by Gasteiger charge is 2.38. The highest BCUT2D eigenvalue weighted by atomic mass is 31.2. The zero-order valence-corrected chi connectivity index (χ0v) is 43.8. The molecular formula is C55H62O11P2. The van der Waals surface area contributed by atoms with Gasteiger partial charge in [-0.3, -0.25) is 0 Å². The van der Waals surface area contributed by atoms with E-state index in [1.165, 1.54) is 0 Å². The van der Waals surface area contributed by atoms with Gasteiger partial charge in [0.15, 0.2) is 5.75 Å². The Balaban J connectivity index is 1.45. The second kappa shape index (κ2) is 17.8. The molecule has 2 heterocycles. The molecule has 0 aliphatic carbocycles. The summed E-state index contributed by atoms with van der Waals surface area (Å²) in [6.07, 6.45) is 0. The summed E-state index contributed by atoms with van der Waals surface area (Å²) in [6.45, 7) is 25.4.